The Balaban J connectivity index is 2.30. The van der Waals surface area contributed by atoms with Crippen LogP contribution in [-0.4, -0.2) is 49.2 Å². The van der Waals surface area contributed by atoms with Gasteiger partial charge in [0.05, 0.1) is 5.60 Å². The number of ether oxygens (including phenoxy) is 1. The summed E-state index contributed by atoms with van der Waals surface area (Å²) < 4.78 is 5.57. The van der Waals surface area contributed by atoms with Gasteiger partial charge < -0.3 is 15.0 Å². The summed E-state index contributed by atoms with van der Waals surface area (Å²) in [6.07, 6.45) is 1.73. The fourth-order valence-corrected chi connectivity index (χ4v) is 1.47. The predicted octanol–water partition coefficient (Wildman–Crippen LogP) is 0.399. The molecule has 15 heavy (non-hydrogen) atoms. The number of hydrogen-bond acceptors (Lipinski definition) is 3. The van der Waals surface area contributed by atoms with E-state index in [0.717, 1.165) is 13.1 Å². The average Bonchev–Trinajstić information content (AvgIpc) is 2.19. The molecule has 0 aliphatic carbocycles. The fourth-order valence-electron chi connectivity index (χ4n) is 1.47. The maximum atomic E-state index is 11.7. The summed E-state index contributed by atoms with van der Waals surface area (Å²) in [5, 5.41) is 3.13. The molecule has 0 saturated carbocycles. The van der Waals surface area contributed by atoms with E-state index in [0.29, 0.717) is 13.1 Å². The highest BCUT2D eigenvalue weighted by molar-refractivity contribution is 5.77. The Morgan fingerprint density at radius 2 is 2.33 bits per heavy atom. The van der Waals surface area contributed by atoms with Crippen molar-refractivity contribution in [3.05, 3.63) is 12.7 Å². The molecule has 4 heteroatoms. The predicted molar refractivity (Wildman–Crippen MR) is 59.7 cm³/mol. The van der Waals surface area contributed by atoms with E-state index >= 15 is 0 Å². The largest absolute Gasteiger partial charge is 0.363 e. The van der Waals surface area contributed by atoms with Crippen LogP contribution >= 0.6 is 0 Å². The summed E-state index contributed by atoms with van der Waals surface area (Å²) in [6.45, 7) is 10.7. The highest BCUT2D eigenvalue weighted by atomic mass is 16.5. The van der Waals surface area contributed by atoms with E-state index in [2.05, 4.69) is 11.9 Å². The molecule has 1 saturated heterocycles. The van der Waals surface area contributed by atoms with Crippen molar-refractivity contribution in [2.75, 3.05) is 32.8 Å². The Bertz CT molecular complexity index is 237. The molecule has 0 radical (unpaired) electrons. The summed E-state index contributed by atoms with van der Waals surface area (Å²) in [7, 11) is 0. The molecule has 86 valence electrons. The van der Waals surface area contributed by atoms with Crippen LogP contribution < -0.4 is 5.32 Å². The van der Waals surface area contributed by atoms with E-state index in [1.54, 1.807) is 11.0 Å². The first-order chi connectivity index (χ1) is 7.11. The van der Waals surface area contributed by atoms with Crippen LogP contribution in [0.4, 0.5) is 0 Å². The van der Waals surface area contributed by atoms with Gasteiger partial charge in [0.1, 0.15) is 6.61 Å². The summed E-state index contributed by atoms with van der Waals surface area (Å²) in [4.78, 5) is 13.4. The smallest absolute Gasteiger partial charge is 0.248 e. The Hall–Kier alpha value is -0.870. The monoisotopic (exact) mass is 212 g/mol. The zero-order valence-electron chi connectivity index (χ0n) is 9.58. The second-order valence-electron chi connectivity index (χ2n) is 4.06. The molecular formula is C11H20N2O2. The number of carbonyl (C=O) groups excluding carboxylic acids is 1. The third kappa shape index (κ3) is 3.32. The van der Waals surface area contributed by atoms with Crippen molar-refractivity contribution in [3.8, 4) is 0 Å². The van der Waals surface area contributed by atoms with Crippen LogP contribution in [0.1, 0.15) is 13.8 Å². The number of nitrogens with one attached hydrogen (secondary N) is 1. The lowest BCUT2D eigenvalue weighted by Crippen LogP contribution is -2.59. The van der Waals surface area contributed by atoms with Gasteiger partial charge in [0.15, 0.2) is 0 Å². The van der Waals surface area contributed by atoms with Crippen molar-refractivity contribution >= 4 is 5.91 Å². The van der Waals surface area contributed by atoms with Crippen LogP contribution in [0.5, 0.6) is 0 Å². The van der Waals surface area contributed by atoms with Crippen molar-refractivity contribution in [2.45, 2.75) is 19.4 Å². The quantitative estimate of drug-likeness (QED) is 0.648. The van der Waals surface area contributed by atoms with E-state index in [9.17, 15) is 4.79 Å². The van der Waals surface area contributed by atoms with Gasteiger partial charge in [-0.1, -0.05) is 6.08 Å². The Kier molecular flexibility index (Phi) is 4.29. The molecule has 1 amide bonds. The molecule has 1 fully saturated rings. The SMILES string of the molecule is C=CCN(CC)C(=O)COC1(C)CNC1. The maximum Gasteiger partial charge on any atom is 0.248 e. The van der Waals surface area contributed by atoms with Crippen molar-refractivity contribution in [3.63, 3.8) is 0 Å². The first-order valence-corrected chi connectivity index (χ1v) is 5.34. The van der Waals surface area contributed by atoms with Crippen LogP contribution in [-0.2, 0) is 9.53 Å². The van der Waals surface area contributed by atoms with Gasteiger partial charge in [-0.2, -0.15) is 0 Å². The molecule has 1 N–H and O–H groups in total. The molecule has 0 bridgehead atoms. The lowest BCUT2D eigenvalue weighted by Gasteiger charge is -2.39. The van der Waals surface area contributed by atoms with Crippen LogP contribution in [0, 0.1) is 0 Å². The summed E-state index contributed by atoms with van der Waals surface area (Å²) in [6, 6.07) is 0. The van der Waals surface area contributed by atoms with E-state index in [4.69, 9.17) is 4.74 Å². The van der Waals surface area contributed by atoms with Gasteiger partial charge in [0.25, 0.3) is 0 Å². The Morgan fingerprint density at radius 1 is 1.67 bits per heavy atom. The second-order valence-corrected chi connectivity index (χ2v) is 4.06. The zero-order valence-corrected chi connectivity index (χ0v) is 9.58. The zero-order chi connectivity index (χ0) is 11.3. The molecule has 1 aliphatic heterocycles. The molecule has 0 atom stereocenters. The number of likely N-dealkylation sites (N-methyl/N-ethyl adjacent to an activating group) is 1. The minimum absolute atomic E-state index is 0.0329. The molecule has 0 aromatic rings. The summed E-state index contributed by atoms with van der Waals surface area (Å²) in [5.74, 6) is 0.0329. The second kappa shape index (κ2) is 5.28. The number of hydrogen-bond donors (Lipinski definition) is 1. The van der Waals surface area contributed by atoms with E-state index in [1.165, 1.54) is 0 Å². The molecule has 0 spiro atoms. The normalized spacial score (nSPS) is 18.0. The summed E-state index contributed by atoms with van der Waals surface area (Å²) in [5.41, 5.74) is -0.150. The molecule has 0 aromatic carbocycles. The van der Waals surface area contributed by atoms with Crippen molar-refractivity contribution in [1.82, 2.24) is 10.2 Å². The van der Waals surface area contributed by atoms with Gasteiger partial charge in [-0.05, 0) is 13.8 Å². The topological polar surface area (TPSA) is 41.6 Å². The first-order valence-electron chi connectivity index (χ1n) is 5.34. The standard InChI is InChI=1S/C11H20N2O2/c1-4-6-13(5-2)10(14)7-15-11(3)8-12-9-11/h4,12H,1,5-9H2,2-3H3. The number of amides is 1. The van der Waals surface area contributed by atoms with Crippen LogP contribution in [0.25, 0.3) is 0 Å². The number of carbonyl (C=O) groups is 1. The molecule has 1 aliphatic rings. The lowest BCUT2D eigenvalue weighted by molar-refractivity contribution is -0.145. The van der Waals surface area contributed by atoms with Crippen molar-refractivity contribution < 1.29 is 9.53 Å². The minimum Gasteiger partial charge on any atom is -0.363 e. The third-order valence-electron chi connectivity index (χ3n) is 2.63. The van der Waals surface area contributed by atoms with E-state index in [1.807, 2.05) is 13.8 Å². The van der Waals surface area contributed by atoms with Crippen LogP contribution in [0.2, 0.25) is 0 Å². The Labute approximate surface area is 91.3 Å². The molecular weight excluding hydrogens is 192 g/mol. The minimum atomic E-state index is -0.150. The molecule has 1 heterocycles. The van der Waals surface area contributed by atoms with Gasteiger partial charge in [0, 0.05) is 26.2 Å². The number of nitrogens with zero attached hydrogens (tertiary/aromatic N) is 1. The van der Waals surface area contributed by atoms with Crippen molar-refractivity contribution in [2.24, 2.45) is 0 Å². The van der Waals surface area contributed by atoms with Gasteiger partial charge in [-0.25, -0.2) is 0 Å². The van der Waals surface area contributed by atoms with E-state index < -0.39 is 0 Å². The summed E-state index contributed by atoms with van der Waals surface area (Å²) >= 11 is 0. The van der Waals surface area contributed by atoms with Gasteiger partial charge >= 0.3 is 0 Å². The molecule has 4 nitrogen and oxygen atoms in total. The highest BCUT2D eigenvalue weighted by Gasteiger charge is 2.33. The van der Waals surface area contributed by atoms with Gasteiger partial charge in [-0.15, -0.1) is 6.58 Å². The Morgan fingerprint density at radius 3 is 2.73 bits per heavy atom. The maximum absolute atomic E-state index is 11.7. The van der Waals surface area contributed by atoms with E-state index in [-0.39, 0.29) is 18.1 Å². The van der Waals surface area contributed by atoms with Crippen molar-refractivity contribution in [1.29, 1.82) is 0 Å². The third-order valence-corrected chi connectivity index (χ3v) is 2.63. The van der Waals surface area contributed by atoms with Crippen LogP contribution in [0.15, 0.2) is 12.7 Å². The molecule has 1 rings (SSSR count). The fraction of sp³-hybridized carbons (Fsp3) is 0.727. The van der Waals surface area contributed by atoms with Gasteiger partial charge in [-0.3, -0.25) is 4.79 Å². The molecule has 0 aromatic heterocycles. The first kappa shape index (κ1) is 12.2. The van der Waals surface area contributed by atoms with Crippen LogP contribution in [0.3, 0.4) is 0 Å². The lowest BCUT2D eigenvalue weighted by atomic mass is 10.0. The average molecular weight is 212 g/mol. The van der Waals surface area contributed by atoms with Gasteiger partial charge in [0.2, 0.25) is 5.91 Å². The number of rotatable bonds is 6. The highest BCUT2D eigenvalue weighted by Crippen LogP contribution is 2.14. The molecule has 0 unspecified atom stereocenters.